The van der Waals surface area contributed by atoms with Gasteiger partial charge in [0.05, 0.1) is 0 Å². The SMILES string of the molecule is Cc1cccc(-c2cnc(N(C)CCN)nc2)c1. The molecule has 0 aliphatic carbocycles. The van der Waals surface area contributed by atoms with E-state index in [0.29, 0.717) is 12.5 Å². The van der Waals surface area contributed by atoms with Gasteiger partial charge in [-0.15, -0.1) is 0 Å². The Kier molecular flexibility index (Phi) is 3.89. The molecule has 0 spiro atoms. The first-order valence-corrected chi connectivity index (χ1v) is 6.01. The van der Waals surface area contributed by atoms with Crippen LogP contribution in [0.15, 0.2) is 36.7 Å². The molecular formula is C14H18N4. The number of aryl methyl sites for hydroxylation is 1. The molecule has 0 unspecified atom stereocenters. The number of nitrogens with zero attached hydrogens (tertiary/aromatic N) is 3. The van der Waals surface area contributed by atoms with Gasteiger partial charge in [0.2, 0.25) is 5.95 Å². The van der Waals surface area contributed by atoms with E-state index in [0.717, 1.165) is 17.7 Å². The second kappa shape index (κ2) is 5.60. The Morgan fingerprint density at radius 3 is 2.50 bits per heavy atom. The van der Waals surface area contributed by atoms with Crippen molar-refractivity contribution in [2.24, 2.45) is 5.73 Å². The summed E-state index contributed by atoms with van der Waals surface area (Å²) in [5, 5.41) is 0. The van der Waals surface area contributed by atoms with Crippen LogP contribution in [-0.2, 0) is 0 Å². The van der Waals surface area contributed by atoms with Crippen molar-refractivity contribution in [3.8, 4) is 11.1 Å². The van der Waals surface area contributed by atoms with E-state index in [9.17, 15) is 0 Å². The van der Waals surface area contributed by atoms with Gasteiger partial charge in [-0.05, 0) is 12.5 Å². The zero-order chi connectivity index (χ0) is 13.0. The molecule has 2 aromatic rings. The summed E-state index contributed by atoms with van der Waals surface area (Å²) in [6.07, 6.45) is 3.70. The standard InChI is InChI=1S/C14H18N4/c1-11-4-3-5-12(8-11)13-9-16-14(17-10-13)18(2)7-6-15/h3-5,8-10H,6-7,15H2,1-2H3. The van der Waals surface area contributed by atoms with Crippen LogP contribution < -0.4 is 10.6 Å². The average Bonchev–Trinajstić information content (AvgIpc) is 2.39. The van der Waals surface area contributed by atoms with Crippen LogP contribution in [0.2, 0.25) is 0 Å². The predicted octanol–water partition coefficient (Wildman–Crippen LogP) is 1.85. The summed E-state index contributed by atoms with van der Waals surface area (Å²) < 4.78 is 0. The number of rotatable bonds is 4. The second-order valence-corrected chi connectivity index (χ2v) is 4.35. The van der Waals surface area contributed by atoms with Crippen molar-refractivity contribution < 1.29 is 0 Å². The molecule has 0 saturated carbocycles. The first kappa shape index (κ1) is 12.5. The van der Waals surface area contributed by atoms with Gasteiger partial charge in [-0.1, -0.05) is 29.8 Å². The topological polar surface area (TPSA) is 55.0 Å². The molecule has 0 fully saturated rings. The largest absolute Gasteiger partial charge is 0.343 e. The van der Waals surface area contributed by atoms with Gasteiger partial charge in [-0.3, -0.25) is 0 Å². The summed E-state index contributed by atoms with van der Waals surface area (Å²) in [6.45, 7) is 3.43. The molecule has 94 valence electrons. The first-order chi connectivity index (χ1) is 8.70. The van der Waals surface area contributed by atoms with Crippen molar-refractivity contribution in [3.63, 3.8) is 0 Å². The third-order valence-electron chi connectivity index (χ3n) is 2.80. The van der Waals surface area contributed by atoms with Crippen molar-refractivity contribution >= 4 is 5.95 Å². The number of anilines is 1. The normalized spacial score (nSPS) is 10.4. The third kappa shape index (κ3) is 2.84. The van der Waals surface area contributed by atoms with Crippen LogP contribution in [0, 0.1) is 6.92 Å². The zero-order valence-corrected chi connectivity index (χ0v) is 10.8. The Hall–Kier alpha value is -1.94. The van der Waals surface area contributed by atoms with Crippen LogP contribution in [0.25, 0.3) is 11.1 Å². The minimum absolute atomic E-state index is 0.597. The van der Waals surface area contributed by atoms with Crippen LogP contribution in [0.5, 0.6) is 0 Å². The first-order valence-electron chi connectivity index (χ1n) is 6.01. The van der Waals surface area contributed by atoms with Crippen molar-refractivity contribution in [1.29, 1.82) is 0 Å². The maximum absolute atomic E-state index is 5.51. The van der Waals surface area contributed by atoms with Gasteiger partial charge in [-0.25, -0.2) is 9.97 Å². The second-order valence-electron chi connectivity index (χ2n) is 4.35. The number of likely N-dealkylation sites (N-methyl/N-ethyl adjacent to an activating group) is 1. The fourth-order valence-electron chi connectivity index (χ4n) is 1.79. The molecular weight excluding hydrogens is 224 g/mol. The van der Waals surface area contributed by atoms with E-state index >= 15 is 0 Å². The lowest BCUT2D eigenvalue weighted by atomic mass is 10.1. The maximum Gasteiger partial charge on any atom is 0.225 e. The van der Waals surface area contributed by atoms with E-state index in [2.05, 4.69) is 35.1 Å². The van der Waals surface area contributed by atoms with Gasteiger partial charge in [0.25, 0.3) is 0 Å². The molecule has 0 amide bonds. The molecule has 0 aliphatic rings. The van der Waals surface area contributed by atoms with Crippen molar-refractivity contribution in [1.82, 2.24) is 9.97 Å². The summed E-state index contributed by atoms with van der Waals surface area (Å²) in [5.41, 5.74) is 8.91. The highest BCUT2D eigenvalue weighted by atomic mass is 15.2. The number of hydrogen-bond donors (Lipinski definition) is 1. The van der Waals surface area contributed by atoms with E-state index in [1.165, 1.54) is 5.56 Å². The van der Waals surface area contributed by atoms with Crippen molar-refractivity contribution in [2.75, 3.05) is 25.0 Å². The zero-order valence-electron chi connectivity index (χ0n) is 10.8. The highest BCUT2D eigenvalue weighted by Gasteiger charge is 2.04. The fraction of sp³-hybridized carbons (Fsp3) is 0.286. The van der Waals surface area contributed by atoms with E-state index in [-0.39, 0.29) is 0 Å². The van der Waals surface area contributed by atoms with E-state index in [1.54, 1.807) is 0 Å². The van der Waals surface area contributed by atoms with Gasteiger partial charge < -0.3 is 10.6 Å². The molecule has 1 heterocycles. The molecule has 0 atom stereocenters. The lowest BCUT2D eigenvalue weighted by molar-refractivity contribution is 0.846. The summed E-state index contributed by atoms with van der Waals surface area (Å²) in [4.78, 5) is 10.7. The highest BCUT2D eigenvalue weighted by Crippen LogP contribution is 2.19. The molecule has 2 rings (SSSR count). The molecule has 0 bridgehead atoms. The number of aromatic nitrogens is 2. The average molecular weight is 242 g/mol. The summed E-state index contributed by atoms with van der Waals surface area (Å²) in [5.74, 6) is 0.705. The van der Waals surface area contributed by atoms with Gasteiger partial charge in [0.15, 0.2) is 0 Å². The molecule has 4 nitrogen and oxygen atoms in total. The molecule has 1 aromatic carbocycles. The lowest BCUT2D eigenvalue weighted by Crippen LogP contribution is -2.26. The van der Waals surface area contributed by atoms with E-state index in [1.807, 2.05) is 30.4 Å². The van der Waals surface area contributed by atoms with Crippen LogP contribution in [0.1, 0.15) is 5.56 Å². The highest BCUT2D eigenvalue weighted by molar-refractivity contribution is 5.62. The monoisotopic (exact) mass is 242 g/mol. The Morgan fingerprint density at radius 1 is 1.17 bits per heavy atom. The van der Waals surface area contributed by atoms with Crippen LogP contribution >= 0.6 is 0 Å². The van der Waals surface area contributed by atoms with Crippen LogP contribution in [0.4, 0.5) is 5.95 Å². The molecule has 0 aliphatic heterocycles. The van der Waals surface area contributed by atoms with Gasteiger partial charge in [0, 0.05) is 38.1 Å². The van der Waals surface area contributed by atoms with Gasteiger partial charge in [-0.2, -0.15) is 0 Å². The van der Waals surface area contributed by atoms with Gasteiger partial charge >= 0.3 is 0 Å². The molecule has 0 radical (unpaired) electrons. The van der Waals surface area contributed by atoms with Crippen molar-refractivity contribution in [3.05, 3.63) is 42.2 Å². The Labute approximate surface area is 107 Å². The van der Waals surface area contributed by atoms with Crippen LogP contribution in [-0.4, -0.2) is 30.1 Å². The fourth-order valence-corrected chi connectivity index (χ4v) is 1.79. The summed E-state index contributed by atoms with van der Waals surface area (Å²) >= 11 is 0. The maximum atomic E-state index is 5.51. The molecule has 0 saturated heterocycles. The molecule has 18 heavy (non-hydrogen) atoms. The Morgan fingerprint density at radius 2 is 1.89 bits per heavy atom. The minimum Gasteiger partial charge on any atom is -0.343 e. The number of nitrogens with two attached hydrogens (primary N) is 1. The van der Waals surface area contributed by atoms with E-state index < -0.39 is 0 Å². The van der Waals surface area contributed by atoms with E-state index in [4.69, 9.17) is 5.73 Å². The molecule has 1 aromatic heterocycles. The lowest BCUT2D eigenvalue weighted by Gasteiger charge is -2.15. The quantitative estimate of drug-likeness (QED) is 0.889. The van der Waals surface area contributed by atoms with Crippen molar-refractivity contribution in [2.45, 2.75) is 6.92 Å². The Balaban J connectivity index is 2.22. The van der Waals surface area contributed by atoms with Gasteiger partial charge in [0.1, 0.15) is 0 Å². The minimum atomic E-state index is 0.597. The van der Waals surface area contributed by atoms with Crippen LogP contribution in [0.3, 0.4) is 0 Å². The number of hydrogen-bond acceptors (Lipinski definition) is 4. The summed E-state index contributed by atoms with van der Waals surface area (Å²) in [7, 11) is 1.94. The molecule has 4 heteroatoms. The third-order valence-corrected chi connectivity index (χ3v) is 2.80. The smallest absolute Gasteiger partial charge is 0.225 e. The number of benzene rings is 1. The predicted molar refractivity (Wildman–Crippen MR) is 74.5 cm³/mol. The Bertz CT molecular complexity index is 507. The summed E-state index contributed by atoms with van der Waals surface area (Å²) in [6, 6.07) is 8.31. The molecule has 2 N–H and O–H groups in total.